The van der Waals surface area contributed by atoms with Crippen molar-refractivity contribution in [3.05, 3.63) is 27.9 Å². The van der Waals surface area contributed by atoms with Gasteiger partial charge in [0.15, 0.2) is 0 Å². The number of nitro groups is 1. The third-order valence-corrected chi connectivity index (χ3v) is 3.49. The van der Waals surface area contributed by atoms with Gasteiger partial charge in [-0.3, -0.25) is 10.1 Å². The summed E-state index contributed by atoms with van der Waals surface area (Å²) >= 11 is 0. The Hall–Kier alpha value is -1.69. The first-order valence-corrected chi connectivity index (χ1v) is 6.62. The maximum atomic E-state index is 11.2. The molecule has 1 fully saturated rings. The molecule has 1 aromatic heterocycles. The number of hydrogen-bond acceptors (Lipinski definition) is 5. The van der Waals surface area contributed by atoms with Crippen LogP contribution >= 0.6 is 0 Å². The molecular weight excluding hydrogens is 244 g/mol. The average Bonchev–Trinajstić information content (AvgIpc) is 2.39. The van der Waals surface area contributed by atoms with Gasteiger partial charge < -0.3 is 10.2 Å². The summed E-state index contributed by atoms with van der Waals surface area (Å²) in [5.41, 5.74) is 0.935. The lowest BCUT2D eigenvalue weighted by Gasteiger charge is -2.33. The van der Waals surface area contributed by atoms with Gasteiger partial charge in [0, 0.05) is 25.4 Å². The minimum atomic E-state index is -0.336. The van der Waals surface area contributed by atoms with Gasteiger partial charge >= 0.3 is 5.69 Å². The van der Waals surface area contributed by atoms with E-state index in [0.29, 0.717) is 11.7 Å². The van der Waals surface area contributed by atoms with Crippen LogP contribution in [-0.2, 0) is 0 Å². The molecule has 0 saturated carbocycles. The van der Waals surface area contributed by atoms with E-state index in [0.717, 1.165) is 38.0 Å². The minimum Gasteiger partial charge on any atom is -0.351 e. The molecule has 1 saturated heterocycles. The third kappa shape index (κ3) is 3.20. The van der Waals surface area contributed by atoms with E-state index in [9.17, 15) is 10.1 Å². The molecule has 1 N–H and O–H groups in total. The molecule has 6 nitrogen and oxygen atoms in total. The predicted octanol–water partition coefficient (Wildman–Crippen LogP) is 1.73. The molecule has 1 unspecified atom stereocenters. The molecule has 1 aliphatic heterocycles. The lowest BCUT2D eigenvalue weighted by molar-refractivity contribution is -0.384. The molecule has 0 spiro atoms. The molecule has 104 valence electrons. The molecule has 1 aromatic rings. The van der Waals surface area contributed by atoms with Crippen LogP contribution < -0.4 is 10.2 Å². The van der Waals surface area contributed by atoms with Gasteiger partial charge in [-0.2, -0.15) is 0 Å². The first-order valence-electron chi connectivity index (χ1n) is 6.62. The monoisotopic (exact) mass is 264 g/mol. The smallest absolute Gasteiger partial charge is 0.311 e. The van der Waals surface area contributed by atoms with Gasteiger partial charge in [0.05, 0.1) is 4.92 Å². The molecule has 2 heterocycles. The normalized spacial score (nSPS) is 19.5. The van der Waals surface area contributed by atoms with Crippen LogP contribution in [0.2, 0.25) is 0 Å². The van der Waals surface area contributed by atoms with Crippen molar-refractivity contribution in [2.45, 2.75) is 19.8 Å². The fraction of sp³-hybridized carbons (Fsp3) is 0.615. The van der Waals surface area contributed by atoms with Crippen molar-refractivity contribution >= 4 is 11.5 Å². The van der Waals surface area contributed by atoms with E-state index >= 15 is 0 Å². The summed E-state index contributed by atoms with van der Waals surface area (Å²) in [5, 5.41) is 14.3. The van der Waals surface area contributed by atoms with Crippen molar-refractivity contribution in [3.8, 4) is 0 Å². The number of nitrogens with one attached hydrogen (secondary N) is 1. The number of rotatable bonds is 4. The summed E-state index contributed by atoms with van der Waals surface area (Å²) in [4.78, 5) is 17.1. The SMILES string of the molecule is CNCC1CCCN(c2ncc(C)cc2[N+](=O)[O-])C1. The highest BCUT2D eigenvalue weighted by molar-refractivity contribution is 5.58. The molecule has 0 bridgehead atoms. The van der Waals surface area contributed by atoms with Crippen LogP contribution in [0, 0.1) is 23.0 Å². The molecule has 0 amide bonds. The van der Waals surface area contributed by atoms with Gasteiger partial charge in [-0.25, -0.2) is 4.98 Å². The molecular formula is C13H20N4O2. The van der Waals surface area contributed by atoms with E-state index in [2.05, 4.69) is 10.3 Å². The van der Waals surface area contributed by atoms with Crippen LogP contribution in [0.1, 0.15) is 18.4 Å². The van der Waals surface area contributed by atoms with E-state index in [1.807, 2.05) is 18.9 Å². The fourth-order valence-corrected chi connectivity index (χ4v) is 2.64. The van der Waals surface area contributed by atoms with Crippen molar-refractivity contribution in [3.63, 3.8) is 0 Å². The van der Waals surface area contributed by atoms with Crippen LogP contribution in [0.4, 0.5) is 11.5 Å². The number of aromatic nitrogens is 1. The Morgan fingerprint density at radius 3 is 3.11 bits per heavy atom. The van der Waals surface area contributed by atoms with Crippen LogP contribution in [0.5, 0.6) is 0 Å². The van der Waals surface area contributed by atoms with Crippen LogP contribution in [0.15, 0.2) is 12.3 Å². The quantitative estimate of drug-likeness (QED) is 0.662. The summed E-state index contributed by atoms with van der Waals surface area (Å²) < 4.78 is 0. The second kappa shape index (κ2) is 5.97. The molecule has 1 aliphatic rings. The molecule has 1 atom stereocenters. The van der Waals surface area contributed by atoms with E-state index in [4.69, 9.17) is 0 Å². The number of piperidine rings is 1. The largest absolute Gasteiger partial charge is 0.351 e. The van der Waals surface area contributed by atoms with Crippen molar-refractivity contribution < 1.29 is 4.92 Å². The number of aryl methyl sites for hydroxylation is 1. The minimum absolute atomic E-state index is 0.116. The topological polar surface area (TPSA) is 71.3 Å². The van der Waals surface area contributed by atoms with Crippen LogP contribution in [0.25, 0.3) is 0 Å². The second-order valence-corrected chi connectivity index (χ2v) is 5.12. The van der Waals surface area contributed by atoms with Gasteiger partial charge in [0.1, 0.15) is 0 Å². The molecule has 0 radical (unpaired) electrons. The summed E-state index contributed by atoms with van der Waals surface area (Å²) in [7, 11) is 1.94. The van der Waals surface area contributed by atoms with Crippen LogP contribution in [-0.4, -0.2) is 36.6 Å². The zero-order valence-corrected chi connectivity index (χ0v) is 11.4. The highest BCUT2D eigenvalue weighted by Crippen LogP contribution is 2.29. The maximum absolute atomic E-state index is 11.2. The zero-order valence-electron chi connectivity index (χ0n) is 11.4. The summed E-state index contributed by atoms with van der Waals surface area (Å²) in [6, 6.07) is 1.60. The maximum Gasteiger partial charge on any atom is 0.311 e. The standard InChI is InChI=1S/C13H20N4O2/c1-10-6-12(17(18)19)13(15-7-10)16-5-3-4-11(9-16)8-14-2/h6-7,11,14H,3-5,8-9H2,1-2H3. The second-order valence-electron chi connectivity index (χ2n) is 5.12. The summed E-state index contributed by atoms with van der Waals surface area (Å²) in [6.07, 6.45) is 3.92. The molecule has 19 heavy (non-hydrogen) atoms. The third-order valence-electron chi connectivity index (χ3n) is 3.49. The lowest BCUT2D eigenvalue weighted by Crippen LogP contribution is -2.39. The molecule has 2 rings (SSSR count). The summed E-state index contributed by atoms with van der Waals surface area (Å²) in [6.45, 7) is 4.44. The Morgan fingerprint density at radius 2 is 2.42 bits per heavy atom. The lowest BCUT2D eigenvalue weighted by atomic mass is 9.98. The van der Waals surface area contributed by atoms with Crippen molar-refractivity contribution in [1.82, 2.24) is 10.3 Å². The van der Waals surface area contributed by atoms with Crippen molar-refractivity contribution in [1.29, 1.82) is 0 Å². The van der Waals surface area contributed by atoms with E-state index in [-0.39, 0.29) is 10.6 Å². The molecule has 0 aromatic carbocycles. The van der Waals surface area contributed by atoms with E-state index in [1.165, 1.54) is 0 Å². The van der Waals surface area contributed by atoms with Gasteiger partial charge in [-0.1, -0.05) is 0 Å². The Balaban J connectivity index is 2.23. The average molecular weight is 264 g/mol. The van der Waals surface area contributed by atoms with Crippen molar-refractivity contribution in [2.24, 2.45) is 5.92 Å². The van der Waals surface area contributed by atoms with Crippen molar-refractivity contribution in [2.75, 3.05) is 31.6 Å². The molecule has 0 aliphatic carbocycles. The Morgan fingerprint density at radius 1 is 1.63 bits per heavy atom. The fourth-order valence-electron chi connectivity index (χ4n) is 2.64. The number of nitrogens with zero attached hydrogens (tertiary/aromatic N) is 3. The van der Waals surface area contributed by atoms with E-state index < -0.39 is 0 Å². The van der Waals surface area contributed by atoms with Gasteiger partial charge in [0.2, 0.25) is 5.82 Å². The van der Waals surface area contributed by atoms with Crippen LogP contribution in [0.3, 0.4) is 0 Å². The summed E-state index contributed by atoms with van der Waals surface area (Å²) in [5.74, 6) is 1.04. The molecule has 6 heteroatoms. The Labute approximate surface area is 113 Å². The highest BCUT2D eigenvalue weighted by Gasteiger charge is 2.26. The zero-order chi connectivity index (χ0) is 13.8. The van der Waals surface area contributed by atoms with E-state index in [1.54, 1.807) is 12.3 Å². The predicted molar refractivity (Wildman–Crippen MR) is 74.5 cm³/mol. The van der Waals surface area contributed by atoms with Gasteiger partial charge in [-0.15, -0.1) is 0 Å². The Bertz CT molecular complexity index is 462. The first-order chi connectivity index (χ1) is 9.11. The number of anilines is 1. The van der Waals surface area contributed by atoms with Gasteiger partial charge in [0.25, 0.3) is 0 Å². The number of pyridine rings is 1. The van der Waals surface area contributed by atoms with Gasteiger partial charge in [-0.05, 0) is 44.8 Å². The first kappa shape index (κ1) is 13.7. The Kier molecular flexibility index (Phi) is 4.31. The number of hydrogen-bond donors (Lipinski definition) is 1. The highest BCUT2D eigenvalue weighted by atomic mass is 16.6.